The molecule has 25 heavy (non-hydrogen) atoms. The van der Waals surface area contributed by atoms with Gasteiger partial charge in [-0.05, 0) is 0 Å². The third-order valence-electron chi connectivity index (χ3n) is 2.80. The summed E-state index contributed by atoms with van der Waals surface area (Å²) in [6, 6.07) is 0. The van der Waals surface area contributed by atoms with E-state index in [2.05, 4.69) is 18.2 Å². The molecule has 0 aliphatic heterocycles. The molecule has 0 spiro atoms. The Bertz CT molecular complexity index is 463. The average Bonchev–Trinajstić information content (AvgIpc) is 2.46. The Kier molecular flexibility index (Phi) is 11.0. The fourth-order valence-corrected chi connectivity index (χ4v) is 2.20. The zero-order chi connectivity index (χ0) is 19.5. The molecule has 0 bridgehead atoms. The number of ether oxygens (including phenoxy) is 2. The third-order valence-corrected chi connectivity index (χ3v) is 3.78. The number of carbonyl (C=O) groups excluding carboxylic acids is 1. The molecule has 2 atom stereocenters. The highest BCUT2D eigenvalue weighted by molar-refractivity contribution is 7.47. The largest absolute Gasteiger partial charge is 0.610 e. The molecular weight excluding hydrogens is 353 g/mol. The van der Waals surface area contributed by atoms with Gasteiger partial charge in [-0.2, -0.15) is 6.42 Å². The second-order valence-electron chi connectivity index (χ2n) is 6.36. The van der Waals surface area contributed by atoms with Crippen LogP contribution in [0.5, 0.6) is 0 Å². The maximum Gasteiger partial charge on any atom is 0.472 e. The highest BCUT2D eigenvalue weighted by atomic mass is 31.2. The second-order valence-corrected chi connectivity index (χ2v) is 7.82. The van der Waals surface area contributed by atoms with Crippen molar-refractivity contribution in [3.8, 4) is 0 Å². The Morgan fingerprint density at radius 3 is 2.48 bits per heavy atom. The second kappa shape index (κ2) is 11.5. The quantitative estimate of drug-likeness (QED) is 0.153. The van der Waals surface area contributed by atoms with Gasteiger partial charge in [-0.3, -0.25) is 13.8 Å². The minimum Gasteiger partial charge on any atom is -0.610 e. The topological polar surface area (TPSA) is 114 Å². The van der Waals surface area contributed by atoms with Gasteiger partial charge in [0, 0.05) is 19.0 Å². The van der Waals surface area contributed by atoms with Crippen molar-refractivity contribution in [3.05, 3.63) is 19.4 Å². The molecule has 0 aromatic carbocycles. The van der Waals surface area contributed by atoms with Crippen LogP contribution in [0.3, 0.4) is 0 Å². The number of unbranched alkanes of at least 4 members (excludes halogenated alkanes) is 1. The molecule has 0 fully saturated rings. The number of hydrogen-bond donors (Lipinski definition) is 1. The van der Waals surface area contributed by atoms with Gasteiger partial charge < -0.3 is 30.9 Å². The summed E-state index contributed by atoms with van der Waals surface area (Å²) >= 11 is 0. The first-order chi connectivity index (χ1) is 11.4. The number of quaternary nitrogens is 1. The van der Waals surface area contributed by atoms with Gasteiger partial charge >= 0.3 is 13.8 Å². The smallest absolute Gasteiger partial charge is 0.472 e. The van der Waals surface area contributed by atoms with Crippen LogP contribution in [0, 0.1) is 6.92 Å². The standard InChI is InChI=1S/C15H30NO8P/c1-6-7-8-15(18)24-14(11-21-13(2)17)12-23-25(19,20)22-10-9-16(3,4)5/h14,17H,1-2,6-12H2,3-5H3,(H,19,20)/p-1/t14-/m1/s1. The number of rotatable bonds is 14. The van der Waals surface area contributed by atoms with E-state index in [1.807, 2.05) is 21.1 Å². The first-order valence-corrected chi connectivity index (χ1v) is 9.34. The zero-order valence-electron chi connectivity index (χ0n) is 15.1. The Morgan fingerprint density at radius 2 is 1.96 bits per heavy atom. The first-order valence-electron chi connectivity index (χ1n) is 7.85. The Balaban J connectivity index is 4.48. The third kappa shape index (κ3) is 14.9. The minimum absolute atomic E-state index is 0.0130. The van der Waals surface area contributed by atoms with Gasteiger partial charge in [-0.1, -0.05) is 13.0 Å². The summed E-state index contributed by atoms with van der Waals surface area (Å²) in [5.74, 6) is -1.36. The number of phosphoric acid groups is 1. The lowest BCUT2D eigenvalue weighted by molar-refractivity contribution is -0.870. The average molecular weight is 382 g/mol. The highest BCUT2D eigenvalue weighted by Gasteiger charge is 2.25. The van der Waals surface area contributed by atoms with Crippen LogP contribution in [0.1, 0.15) is 19.3 Å². The molecule has 0 amide bonds. The van der Waals surface area contributed by atoms with Gasteiger partial charge in [-0.15, -0.1) is 0 Å². The summed E-state index contributed by atoms with van der Waals surface area (Å²) in [7, 11) is 1.40. The molecule has 0 aromatic rings. The van der Waals surface area contributed by atoms with Crippen LogP contribution in [0.4, 0.5) is 0 Å². The van der Waals surface area contributed by atoms with Crippen molar-refractivity contribution < 1.29 is 42.4 Å². The summed E-state index contributed by atoms with van der Waals surface area (Å²) in [6.45, 7) is 6.36. The van der Waals surface area contributed by atoms with Crippen LogP contribution in [0.25, 0.3) is 0 Å². The molecule has 0 heterocycles. The summed E-state index contributed by atoms with van der Waals surface area (Å²) in [5.41, 5.74) is 0. The lowest BCUT2D eigenvalue weighted by atomic mass is 10.2. The van der Waals surface area contributed by atoms with Crippen LogP contribution >= 0.6 is 7.82 Å². The van der Waals surface area contributed by atoms with E-state index in [1.165, 1.54) is 0 Å². The Labute approximate surface area is 149 Å². The maximum atomic E-state index is 11.8. The fraction of sp³-hybridized carbons (Fsp3) is 0.733. The van der Waals surface area contributed by atoms with E-state index in [9.17, 15) is 19.4 Å². The predicted octanol–water partition coefficient (Wildman–Crippen LogP) is 0.590. The molecule has 9 nitrogen and oxygen atoms in total. The van der Waals surface area contributed by atoms with Crippen LogP contribution in [-0.4, -0.2) is 69.0 Å². The van der Waals surface area contributed by atoms with Crippen molar-refractivity contribution >= 4 is 13.8 Å². The first kappa shape index (κ1) is 23.9. The van der Waals surface area contributed by atoms with Crippen LogP contribution in [-0.2, 0) is 27.9 Å². The van der Waals surface area contributed by atoms with Gasteiger partial charge in [0.05, 0.1) is 27.7 Å². The number of carbonyl (C=O) groups is 1. The molecule has 0 saturated carbocycles. The van der Waals surface area contributed by atoms with E-state index < -0.39 is 32.4 Å². The molecule has 0 aromatic heterocycles. The molecule has 10 heteroatoms. The van der Waals surface area contributed by atoms with Crippen LogP contribution < -0.4 is 5.11 Å². The summed E-state index contributed by atoms with van der Waals surface area (Å²) < 4.78 is 31.8. The summed E-state index contributed by atoms with van der Waals surface area (Å²) in [4.78, 5) is 21.3. The summed E-state index contributed by atoms with van der Waals surface area (Å²) in [5, 5.41) is 10.8. The predicted molar refractivity (Wildman–Crippen MR) is 88.8 cm³/mol. The van der Waals surface area contributed by atoms with Crippen molar-refractivity contribution in [2.75, 3.05) is 47.5 Å². The minimum atomic E-state index is -4.31. The molecule has 0 saturated heterocycles. The molecule has 1 unspecified atom stereocenters. The number of phosphoric ester groups is 1. The zero-order valence-corrected chi connectivity index (χ0v) is 16.0. The van der Waals surface area contributed by atoms with E-state index in [1.54, 1.807) is 0 Å². The van der Waals surface area contributed by atoms with Gasteiger partial charge in [0.1, 0.15) is 19.3 Å². The lowest BCUT2D eigenvalue weighted by Gasteiger charge is -2.25. The summed E-state index contributed by atoms with van der Waals surface area (Å²) in [6.07, 6.45) is 0.199. The molecular formula is C15H29NO8P-. The molecule has 1 N–H and O–H groups in total. The van der Waals surface area contributed by atoms with E-state index in [-0.39, 0.29) is 19.6 Å². The normalized spacial score (nSPS) is 15.2. The van der Waals surface area contributed by atoms with E-state index in [4.69, 9.17) is 13.8 Å². The molecule has 148 valence electrons. The van der Waals surface area contributed by atoms with Crippen molar-refractivity contribution in [3.63, 3.8) is 0 Å². The van der Waals surface area contributed by atoms with E-state index in [0.717, 1.165) is 0 Å². The number of nitrogens with zero attached hydrogens (tertiary/aromatic N) is 1. The van der Waals surface area contributed by atoms with Crippen molar-refractivity contribution in [2.24, 2.45) is 0 Å². The van der Waals surface area contributed by atoms with Crippen molar-refractivity contribution in [1.82, 2.24) is 0 Å². The Morgan fingerprint density at radius 1 is 1.32 bits per heavy atom. The maximum absolute atomic E-state index is 11.8. The molecule has 0 aliphatic carbocycles. The van der Waals surface area contributed by atoms with Gasteiger partial charge in [0.25, 0.3) is 0 Å². The van der Waals surface area contributed by atoms with Gasteiger partial charge in [0.15, 0.2) is 0 Å². The fourth-order valence-electron chi connectivity index (χ4n) is 1.46. The SMILES string of the molecule is C=C([O-])OC[C@H](COP(=O)(O)OCC[N+](C)(C)C)OC(=O)CCC[CH2-]. The number of hydrogen-bond acceptors (Lipinski definition) is 7. The number of likely N-dealkylation sites (N-methyl/N-ethyl adjacent to an activating group) is 1. The highest BCUT2D eigenvalue weighted by Crippen LogP contribution is 2.43. The van der Waals surface area contributed by atoms with Crippen LogP contribution in [0.15, 0.2) is 12.5 Å². The molecule has 0 aliphatic rings. The Hall–Kier alpha value is -1.12. The van der Waals surface area contributed by atoms with Crippen LogP contribution in [0.2, 0.25) is 0 Å². The lowest BCUT2D eigenvalue weighted by Crippen LogP contribution is -2.37. The molecule has 0 radical (unpaired) electrons. The van der Waals surface area contributed by atoms with Gasteiger partial charge in [0.2, 0.25) is 0 Å². The molecule has 0 rings (SSSR count). The monoisotopic (exact) mass is 382 g/mol. The van der Waals surface area contributed by atoms with Gasteiger partial charge in [-0.25, -0.2) is 4.57 Å². The van der Waals surface area contributed by atoms with Crippen molar-refractivity contribution in [2.45, 2.75) is 25.4 Å². The van der Waals surface area contributed by atoms with Crippen molar-refractivity contribution in [1.29, 1.82) is 0 Å². The van der Waals surface area contributed by atoms with E-state index >= 15 is 0 Å². The van der Waals surface area contributed by atoms with E-state index in [0.29, 0.717) is 23.9 Å². The number of esters is 1.